The first-order valence-corrected chi connectivity index (χ1v) is 15.2. The summed E-state index contributed by atoms with van der Waals surface area (Å²) >= 11 is 0. The molecule has 222 valence electrons. The second-order valence-electron chi connectivity index (χ2n) is 10.4. The van der Waals surface area contributed by atoms with Gasteiger partial charge in [-0.1, -0.05) is 51.1 Å². The molecule has 4 aromatic rings. The van der Waals surface area contributed by atoms with E-state index in [2.05, 4.69) is 10.0 Å². The largest absolute Gasteiger partial charge is 0.490 e. The number of sulfonamides is 1. The fourth-order valence-corrected chi connectivity index (χ4v) is 5.79. The van der Waals surface area contributed by atoms with Crippen LogP contribution in [0.15, 0.2) is 76.0 Å². The zero-order valence-corrected chi connectivity index (χ0v) is 25.4. The number of anilines is 1. The maximum Gasteiger partial charge on any atom is 0.324 e. The van der Waals surface area contributed by atoms with Crippen LogP contribution >= 0.6 is 0 Å². The van der Waals surface area contributed by atoms with Crippen molar-refractivity contribution < 1.29 is 31.9 Å². The van der Waals surface area contributed by atoms with Crippen LogP contribution in [0, 0.1) is 12.8 Å². The van der Waals surface area contributed by atoms with Gasteiger partial charge in [-0.25, -0.2) is 8.42 Å². The van der Waals surface area contributed by atoms with Crippen molar-refractivity contribution in [2.45, 2.75) is 58.1 Å². The average molecular weight is 593 g/mol. The molecule has 0 aliphatic heterocycles. The molecule has 1 amide bonds. The fourth-order valence-electron chi connectivity index (χ4n) is 4.46. The zero-order valence-electron chi connectivity index (χ0n) is 24.6. The summed E-state index contributed by atoms with van der Waals surface area (Å²) in [7, 11) is -2.72. The van der Waals surface area contributed by atoms with Gasteiger partial charge < -0.3 is 19.2 Å². The minimum atomic E-state index is -3.94. The molecule has 4 rings (SSSR count). The Morgan fingerprint density at radius 1 is 0.929 bits per heavy atom. The van der Waals surface area contributed by atoms with Crippen LogP contribution in [0.4, 0.5) is 5.69 Å². The van der Waals surface area contributed by atoms with E-state index in [0.29, 0.717) is 22.6 Å². The number of methoxy groups -OCH3 is 1. The first-order chi connectivity index (χ1) is 19.9. The number of carbonyl (C=O) groups excluding carboxylic acids is 2. The highest BCUT2D eigenvalue weighted by Crippen LogP contribution is 2.34. The van der Waals surface area contributed by atoms with Gasteiger partial charge in [-0.3, -0.25) is 9.59 Å². The Labute approximate surface area is 246 Å². The lowest BCUT2D eigenvalue weighted by molar-refractivity contribution is -0.143. The third kappa shape index (κ3) is 6.66. The number of nitrogens with one attached hydrogen (secondary N) is 2. The van der Waals surface area contributed by atoms with Gasteiger partial charge in [-0.2, -0.15) is 4.72 Å². The smallest absolute Gasteiger partial charge is 0.324 e. The van der Waals surface area contributed by atoms with Gasteiger partial charge in [0.05, 0.1) is 23.5 Å². The molecule has 10 heteroatoms. The number of fused-ring (bicyclic) bond motifs is 1. The van der Waals surface area contributed by atoms with Crippen molar-refractivity contribution >= 4 is 38.6 Å². The summed E-state index contributed by atoms with van der Waals surface area (Å²) in [6, 6.07) is 18.0. The molecule has 0 aliphatic carbocycles. The van der Waals surface area contributed by atoms with Gasteiger partial charge in [0, 0.05) is 11.3 Å². The van der Waals surface area contributed by atoms with Crippen molar-refractivity contribution in [3.63, 3.8) is 0 Å². The number of esters is 1. The summed E-state index contributed by atoms with van der Waals surface area (Å²) in [4.78, 5) is 25.2. The number of benzene rings is 3. The predicted molar refractivity (Wildman–Crippen MR) is 162 cm³/mol. The van der Waals surface area contributed by atoms with Crippen molar-refractivity contribution in [2.75, 3.05) is 12.4 Å². The molecule has 0 saturated carbocycles. The van der Waals surface area contributed by atoms with Crippen LogP contribution in [-0.4, -0.2) is 39.5 Å². The standard InChI is InChI=1S/C32H36N2O7S/c1-7-20(4)40-26-9-8-10-27-28(26)21(5)30(41-27)31(35)33-24-15-11-22(12-16-24)23-13-17-25(18-14-23)42(37,38)34-29(19(2)3)32(36)39-6/h8-20,29,34H,7H2,1-6H3,(H,33,35). The summed E-state index contributed by atoms with van der Waals surface area (Å²) in [5.41, 5.74) is 3.47. The van der Waals surface area contributed by atoms with E-state index >= 15 is 0 Å². The van der Waals surface area contributed by atoms with E-state index in [1.165, 1.54) is 19.2 Å². The molecular weight excluding hydrogens is 556 g/mol. The SMILES string of the molecule is CCC(C)Oc1cccc2oc(C(=O)Nc3ccc(-c4ccc(S(=O)(=O)NC(C(=O)OC)C(C)C)cc4)cc3)c(C)c12. The molecule has 0 aliphatic rings. The Hall–Kier alpha value is -4.15. The lowest BCUT2D eigenvalue weighted by atomic mass is 10.1. The molecule has 9 nitrogen and oxygen atoms in total. The monoisotopic (exact) mass is 592 g/mol. The van der Waals surface area contributed by atoms with E-state index in [1.807, 2.05) is 51.1 Å². The second kappa shape index (κ2) is 12.8. The van der Waals surface area contributed by atoms with Crippen molar-refractivity contribution in [1.29, 1.82) is 0 Å². The molecule has 0 bridgehead atoms. The van der Waals surface area contributed by atoms with Gasteiger partial charge in [0.2, 0.25) is 10.0 Å². The predicted octanol–water partition coefficient (Wildman–Crippen LogP) is 6.31. The van der Waals surface area contributed by atoms with E-state index in [9.17, 15) is 18.0 Å². The van der Waals surface area contributed by atoms with E-state index in [1.54, 1.807) is 38.1 Å². The van der Waals surface area contributed by atoms with Crippen LogP contribution in [0.25, 0.3) is 22.1 Å². The average Bonchev–Trinajstić information content (AvgIpc) is 3.33. The van der Waals surface area contributed by atoms with Crippen LogP contribution in [0.3, 0.4) is 0 Å². The van der Waals surface area contributed by atoms with Crippen LogP contribution in [-0.2, 0) is 19.6 Å². The van der Waals surface area contributed by atoms with Gasteiger partial charge in [0.25, 0.3) is 5.91 Å². The van der Waals surface area contributed by atoms with E-state index < -0.39 is 22.0 Å². The lowest BCUT2D eigenvalue weighted by Crippen LogP contribution is -2.44. The molecule has 2 unspecified atom stereocenters. The Morgan fingerprint density at radius 2 is 1.55 bits per heavy atom. The Kier molecular flexibility index (Phi) is 9.38. The Morgan fingerprint density at radius 3 is 2.12 bits per heavy atom. The number of aryl methyl sites for hydroxylation is 1. The summed E-state index contributed by atoms with van der Waals surface area (Å²) < 4.78 is 44.8. The first-order valence-electron chi connectivity index (χ1n) is 13.8. The Balaban J connectivity index is 1.48. The lowest BCUT2D eigenvalue weighted by Gasteiger charge is -2.19. The molecule has 0 radical (unpaired) electrons. The van der Waals surface area contributed by atoms with Crippen molar-refractivity contribution in [3.8, 4) is 16.9 Å². The highest BCUT2D eigenvalue weighted by molar-refractivity contribution is 7.89. The van der Waals surface area contributed by atoms with Gasteiger partial charge in [-0.05, 0) is 73.7 Å². The van der Waals surface area contributed by atoms with Crippen LogP contribution in [0.5, 0.6) is 5.75 Å². The summed E-state index contributed by atoms with van der Waals surface area (Å²) in [5, 5.41) is 3.66. The number of rotatable bonds is 11. The van der Waals surface area contributed by atoms with Gasteiger partial charge in [-0.15, -0.1) is 0 Å². The molecule has 3 aromatic carbocycles. The van der Waals surface area contributed by atoms with Crippen LogP contribution in [0.1, 0.15) is 50.2 Å². The molecule has 1 heterocycles. The molecule has 0 spiro atoms. The van der Waals surface area contributed by atoms with E-state index in [0.717, 1.165) is 22.9 Å². The van der Waals surface area contributed by atoms with Crippen molar-refractivity contribution in [3.05, 3.63) is 78.1 Å². The zero-order chi connectivity index (χ0) is 30.6. The minimum absolute atomic E-state index is 0.0294. The minimum Gasteiger partial charge on any atom is -0.490 e. The summed E-state index contributed by atoms with van der Waals surface area (Å²) in [5.74, 6) is -0.411. The number of furan rings is 1. The van der Waals surface area contributed by atoms with Crippen LogP contribution in [0.2, 0.25) is 0 Å². The van der Waals surface area contributed by atoms with E-state index in [4.69, 9.17) is 13.9 Å². The molecule has 42 heavy (non-hydrogen) atoms. The molecule has 2 N–H and O–H groups in total. The van der Waals surface area contributed by atoms with Crippen LogP contribution < -0.4 is 14.8 Å². The number of carbonyl (C=O) groups is 2. The Bertz CT molecular complexity index is 1670. The number of ether oxygens (including phenoxy) is 2. The third-order valence-electron chi connectivity index (χ3n) is 7.07. The number of amides is 1. The molecule has 0 fully saturated rings. The highest BCUT2D eigenvalue weighted by atomic mass is 32.2. The number of hydrogen-bond acceptors (Lipinski definition) is 7. The third-order valence-corrected chi connectivity index (χ3v) is 8.53. The van der Waals surface area contributed by atoms with Gasteiger partial charge in [0.1, 0.15) is 17.4 Å². The normalized spacial score (nSPS) is 13.1. The quantitative estimate of drug-likeness (QED) is 0.196. The molecule has 1 aromatic heterocycles. The highest BCUT2D eigenvalue weighted by Gasteiger charge is 2.29. The van der Waals surface area contributed by atoms with Gasteiger partial charge >= 0.3 is 5.97 Å². The molecule has 2 atom stereocenters. The fraction of sp³-hybridized carbons (Fsp3) is 0.312. The topological polar surface area (TPSA) is 124 Å². The van der Waals surface area contributed by atoms with Gasteiger partial charge in [0.15, 0.2) is 5.76 Å². The van der Waals surface area contributed by atoms with Crippen molar-refractivity contribution in [1.82, 2.24) is 4.72 Å². The summed E-state index contributed by atoms with van der Waals surface area (Å²) in [6.07, 6.45) is 0.883. The first kappa shape index (κ1) is 30.8. The molecule has 0 saturated heterocycles. The molecular formula is C32H36N2O7S. The van der Waals surface area contributed by atoms with E-state index in [-0.39, 0.29) is 28.6 Å². The van der Waals surface area contributed by atoms with Crippen molar-refractivity contribution in [2.24, 2.45) is 5.92 Å². The maximum atomic E-state index is 13.1. The maximum absolute atomic E-state index is 13.1. The summed E-state index contributed by atoms with van der Waals surface area (Å²) in [6.45, 7) is 9.35. The second-order valence-corrected chi connectivity index (χ2v) is 12.2. The number of hydrogen-bond donors (Lipinski definition) is 2.